The predicted molar refractivity (Wildman–Crippen MR) is 102 cm³/mol. The minimum Gasteiger partial charge on any atom is -0.353 e. The van der Waals surface area contributed by atoms with Crippen molar-refractivity contribution >= 4 is 5.91 Å². The number of rotatable bonds is 8. The van der Waals surface area contributed by atoms with Gasteiger partial charge in [0.15, 0.2) is 6.29 Å². The number of carbonyl (C=O) groups excluding carboxylic acids is 1. The molecule has 1 saturated heterocycles. The summed E-state index contributed by atoms with van der Waals surface area (Å²) in [4.78, 5) is 14.8. The van der Waals surface area contributed by atoms with Gasteiger partial charge >= 0.3 is 0 Å². The number of amides is 1. The van der Waals surface area contributed by atoms with Crippen molar-refractivity contribution in [2.75, 3.05) is 13.2 Å². The second-order valence-electron chi connectivity index (χ2n) is 6.57. The number of hydrogen-bond donors (Lipinski definition) is 0. The van der Waals surface area contributed by atoms with E-state index in [-0.39, 0.29) is 24.3 Å². The van der Waals surface area contributed by atoms with E-state index in [2.05, 4.69) is 24.3 Å². The van der Waals surface area contributed by atoms with Crippen molar-refractivity contribution in [2.45, 2.75) is 45.1 Å². The zero-order valence-corrected chi connectivity index (χ0v) is 15.5. The van der Waals surface area contributed by atoms with Crippen molar-refractivity contribution in [3.05, 3.63) is 71.8 Å². The van der Waals surface area contributed by atoms with Crippen LogP contribution in [0.2, 0.25) is 0 Å². The fourth-order valence-electron chi connectivity index (χ4n) is 3.59. The van der Waals surface area contributed by atoms with E-state index in [1.165, 1.54) is 0 Å². The molecule has 0 aromatic heterocycles. The van der Waals surface area contributed by atoms with Gasteiger partial charge in [-0.3, -0.25) is 4.79 Å². The molecule has 1 unspecified atom stereocenters. The van der Waals surface area contributed by atoms with Crippen LogP contribution in [0.4, 0.5) is 0 Å². The van der Waals surface area contributed by atoms with Gasteiger partial charge in [0.05, 0.1) is 18.7 Å². The van der Waals surface area contributed by atoms with Crippen molar-refractivity contribution in [1.82, 2.24) is 4.90 Å². The van der Waals surface area contributed by atoms with Gasteiger partial charge in [-0.1, -0.05) is 60.7 Å². The number of ether oxygens (including phenoxy) is 2. The first-order valence-corrected chi connectivity index (χ1v) is 9.35. The van der Waals surface area contributed by atoms with Crippen LogP contribution in [0.3, 0.4) is 0 Å². The Balaban J connectivity index is 1.87. The Morgan fingerprint density at radius 1 is 1.00 bits per heavy atom. The van der Waals surface area contributed by atoms with Crippen LogP contribution in [0.15, 0.2) is 60.7 Å². The molecule has 4 heteroatoms. The molecule has 0 aliphatic carbocycles. The van der Waals surface area contributed by atoms with Gasteiger partial charge in [0, 0.05) is 13.0 Å². The highest BCUT2D eigenvalue weighted by Gasteiger charge is 2.37. The van der Waals surface area contributed by atoms with Crippen LogP contribution >= 0.6 is 0 Å². The molecule has 4 nitrogen and oxygen atoms in total. The number of nitrogens with zero attached hydrogens (tertiary/aromatic N) is 1. The first-order chi connectivity index (χ1) is 12.7. The largest absolute Gasteiger partial charge is 0.353 e. The fourth-order valence-corrected chi connectivity index (χ4v) is 3.59. The molecule has 0 radical (unpaired) electrons. The van der Waals surface area contributed by atoms with Crippen LogP contribution in [-0.2, 0) is 14.3 Å². The molecule has 2 aromatic carbocycles. The molecule has 3 rings (SSSR count). The van der Waals surface area contributed by atoms with Crippen molar-refractivity contribution < 1.29 is 14.3 Å². The average molecular weight is 353 g/mol. The van der Waals surface area contributed by atoms with Gasteiger partial charge in [-0.25, -0.2) is 0 Å². The molecule has 1 heterocycles. The molecule has 0 N–H and O–H groups in total. The van der Waals surface area contributed by atoms with Crippen LogP contribution in [-0.4, -0.2) is 36.4 Å². The maximum Gasteiger partial charge on any atom is 0.223 e. The van der Waals surface area contributed by atoms with Crippen LogP contribution in [0.5, 0.6) is 0 Å². The summed E-state index contributed by atoms with van der Waals surface area (Å²) in [6, 6.07) is 20.4. The highest BCUT2D eigenvalue weighted by molar-refractivity contribution is 5.80. The Bertz CT molecular complexity index is 650. The molecule has 1 amide bonds. The molecule has 0 saturated carbocycles. The monoisotopic (exact) mass is 353 g/mol. The highest BCUT2D eigenvalue weighted by atomic mass is 16.7. The van der Waals surface area contributed by atoms with Crippen LogP contribution in [0, 0.1) is 0 Å². The molecule has 0 spiro atoms. The predicted octanol–water partition coefficient (Wildman–Crippen LogP) is 4.17. The van der Waals surface area contributed by atoms with Gasteiger partial charge in [0.1, 0.15) is 0 Å². The SMILES string of the molecule is CCOC(C)OC[C@@H]1CCC(=O)N1C(c1ccccc1)c1ccccc1. The van der Waals surface area contributed by atoms with E-state index in [1.54, 1.807) is 0 Å². The zero-order valence-electron chi connectivity index (χ0n) is 15.5. The quantitative estimate of drug-likeness (QED) is 0.669. The summed E-state index contributed by atoms with van der Waals surface area (Å²) in [6.45, 7) is 4.96. The Labute approximate surface area is 155 Å². The van der Waals surface area contributed by atoms with E-state index in [0.29, 0.717) is 19.6 Å². The third kappa shape index (κ3) is 4.32. The molecule has 1 aliphatic heterocycles. The summed E-state index contributed by atoms with van der Waals surface area (Å²) >= 11 is 0. The van der Waals surface area contributed by atoms with E-state index in [9.17, 15) is 4.79 Å². The summed E-state index contributed by atoms with van der Waals surface area (Å²) in [5, 5.41) is 0. The Kier molecular flexibility index (Phi) is 6.42. The van der Waals surface area contributed by atoms with E-state index >= 15 is 0 Å². The van der Waals surface area contributed by atoms with Gasteiger partial charge in [-0.15, -0.1) is 0 Å². The maximum atomic E-state index is 12.8. The van der Waals surface area contributed by atoms with Crippen LogP contribution in [0.25, 0.3) is 0 Å². The molecule has 1 fully saturated rings. The maximum absolute atomic E-state index is 12.8. The van der Waals surface area contributed by atoms with E-state index < -0.39 is 0 Å². The lowest BCUT2D eigenvalue weighted by Crippen LogP contribution is -2.40. The standard InChI is InChI=1S/C22H27NO3/c1-3-25-17(2)26-16-20-14-15-21(24)23(20)22(18-10-6-4-7-11-18)19-12-8-5-9-13-19/h4-13,17,20,22H,3,14-16H2,1-2H3/t17?,20-/m0/s1. The van der Waals surface area contributed by atoms with Gasteiger partial charge in [-0.05, 0) is 31.4 Å². The van der Waals surface area contributed by atoms with Crippen molar-refractivity contribution in [1.29, 1.82) is 0 Å². The minimum absolute atomic E-state index is 0.0517. The molecule has 1 aliphatic rings. The molecule has 0 bridgehead atoms. The van der Waals surface area contributed by atoms with Gasteiger partial charge in [0.2, 0.25) is 5.91 Å². The van der Waals surface area contributed by atoms with Crippen molar-refractivity contribution in [3.63, 3.8) is 0 Å². The van der Waals surface area contributed by atoms with E-state index in [1.807, 2.05) is 55.1 Å². The smallest absolute Gasteiger partial charge is 0.223 e. The van der Waals surface area contributed by atoms with Crippen molar-refractivity contribution in [3.8, 4) is 0 Å². The van der Waals surface area contributed by atoms with Crippen LogP contribution in [0.1, 0.15) is 43.9 Å². The average Bonchev–Trinajstić information content (AvgIpc) is 3.03. The zero-order chi connectivity index (χ0) is 18.4. The van der Waals surface area contributed by atoms with Crippen LogP contribution < -0.4 is 0 Å². The third-order valence-corrected chi connectivity index (χ3v) is 4.81. The number of hydrogen-bond acceptors (Lipinski definition) is 3. The summed E-state index contributed by atoms with van der Waals surface area (Å²) < 4.78 is 11.3. The second kappa shape index (κ2) is 8.97. The Morgan fingerprint density at radius 3 is 2.12 bits per heavy atom. The molecular formula is C22H27NO3. The number of benzene rings is 2. The molecule has 26 heavy (non-hydrogen) atoms. The molecular weight excluding hydrogens is 326 g/mol. The fraction of sp³-hybridized carbons (Fsp3) is 0.409. The number of likely N-dealkylation sites (tertiary alicyclic amines) is 1. The Morgan fingerprint density at radius 2 is 1.58 bits per heavy atom. The molecule has 138 valence electrons. The minimum atomic E-state index is -0.260. The summed E-state index contributed by atoms with van der Waals surface area (Å²) in [5.74, 6) is 0.181. The lowest BCUT2D eigenvalue weighted by atomic mass is 9.96. The lowest BCUT2D eigenvalue weighted by molar-refractivity contribution is -0.145. The number of carbonyl (C=O) groups is 1. The van der Waals surface area contributed by atoms with Gasteiger partial charge < -0.3 is 14.4 Å². The molecule has 2 atom stereocenters. The molecule has 2 aromatic rings. The van der Waals surface area contributed by atoms with Gasteiger partial charge in [0.25, 0.3) is 0 Å². The van der Waals surface area contributed by atoms with E-state index in [0.717, 1.165) is 17.5 Å². The first kappa shape index (κ1) is 18.6. The summed E-state index contributed by atoms with van der Waals surface area (Å²) in [5.41, 5.74) is 2.24. The Hall–Kier alpha value is -2.17. The topological polar surface area (TPSA) is 38.8 Å². The normalized spacial score (nSPS) is 18.5. The van der Waals surface area contributed by atoms with E-state index in [4.69, 9.17) is 9.47 Å². The van der Waals surface area contributed by atoms with Crippen molar-refractivity contribution in [2.24, 2.45) is 0 Å². The summed E-state index contributed by atoms with van der Waals surface area (Å²) in [6.07, 6.45) is 1.12. The highest BCUT2D eigenvalue weighted by Crippen LogP contribution is 2.35. The lowest BCUT2D eigenvalue weighted by Gasteiger charge is -2.34. The summed E-state index contributed by atoms with van der Waals surface area (Å²) in [7, 11) is 0. The first-order valence-electron chi connectivity index (χ1n) is 9.35. The van der Waals surface area contributed by atoms with Gasteiger partial charge in [-0.2, -0.15) is 0 Å². The second-order valence-corrected chi connectivity index (χ2v) is 6.57. The third-order valence-electron chi connectivity index (χ3n) is 4.81.